The maximum atomic E-state index is 12.6. The van der Waals surface area contributed by atoms with Gasteiger partial charge in [-0.05, 0) is 20.8 Å². The molecule has 0 saturated carbocycles. The molecule has 0 aromatic heterocycles. The Kier molecular flexibility index (Phi) is 7.72. The van der Waals surface area contributed by atoms with E-state index < -0.39 is 54.0 Å². The molecule has 0 bridgehead atoms. The third-order valence-electron chi connectivity index (χ3n) is 4.42. The van der Waals surface area contributed by atoms with Gasteiger partial charge in [0.2, 0.25) is 0 Å². The van der Waals surface area contributed by atoms with Crippen molar-refractivity contribution in [1.29, 1.82) is 0 Å². The van der Waals surface area contributed by atoms with E-state index in [1.165, 1.54) is 0 Å². The SMILES string of the molecule is CCOC(=O)C[C@@H]1[C@H]2[C@H](C(=O)OCC)[C@H](C(=O)OC)ON2O[C@@H]1C(=O)OCC. The fraction of sp³-hybridized carbons (Fsp3) is 0.765. The fourth-order valence-electron chi connectivity index (χ4n) is 3.33. The normalized spacial score (nSPS) is 29.1. The van der Waals surface area contributed by atoms with Crippen LogP contribution >= 0.6 is 0 Å². The Morgan fingerprint density at radius 3 is 1.96 bits per heavy atom. The number of fused-ring (bicyclic) bond motifs is 1. The smallest absolute Gasteiger partial charge is 0.338 e. The lowest BCUT2D eigenvalue weighted by Gasteiger charge is -2.23. The van der Waals surface area contributed by atoms with Crippen LogP contribution in [-0.2, 0) is 47.8 Å². The van der Waals surface area contributed by atoms with E-state index in [1.54, 1.807) is 20.8 Å². The van der Waals surface area contributed by atoms with Crippen molar-refractivity contribution in [3.63, 3.8) is 0 Å². The largest absolute Gasteiger partial charge is 0.467 e. The molecule has 0 amide bonds. The maximum absolute atomic E-state index is 12.6. The molecule has 2 fully saturated rings. The lowest BCUT2D eigenvalue weighted by molar-refractivity contribution is -0.350. The van der Waals surface area contributed by atoms with Gasteiger partial charge >= 0.3 is 23.9 Å². The summed E-state index contributed by atoms with van der Waals surface area (Å²) in [4.78, 5) is 60.0. The summed E-state index contributed by atoms with van der Waals surface area (Å²) in [6.45, 7) is 5.20. The molecular weight excluding hydrogens is 378 g/mol. The van der Waals surface area contributed by atoms with Gasteiger partial charge in [0.15, 0.2) is 12.2 Å². The van der Waals surface area contributed by atoms with Crippen LogP contribution in [0.2, 0.25) is 0 Å². The molecular formula is C17H25NO10. The molecule has 0 aromatic carbocycles. The van der Waals surface area contributed by atoms with Gasteiger partial charge in [-0.25, -0.2) is 9.59 Å². The third kappa shape index (κ3) is 4.42. The first-order chi connectivity index (χ1) is 13.4. The van der Waals surface area contributed by atoms with Crippen molar-refractivity contribution in [2.24, 2.45) is 11.8 Å². The fourth-order valence-corrected chi connectivity index (χ4v) is 3.33. The Morgan fingerprint density at radius 1 is 0.821 bits per heavy atom. The third-order valence-corrected chi connectivity index (χ3v) is 4.42. The van der Waals surface area contributed by atoms with Crippen molar-refractivity contribution in [2.75, 3.05) is 26.9 Å². The number of ether oxygens (including phenoxy) is 4. The lowest BCUT2D eigenvalue weighted by atomic mass is 9.82. The van der Waals surface area contributed by atoms with Crippen LogP contribution in [0.4, 0.5) is 0 Å². The Bertz CT molecular complexity index is 609. The Balaban J connectivity index is 2.36. The minimum Gasteiger partial charge on any atom is -0.467 e. The van der Waals surface area contributed by atoms with Gasteiger partial charge in [-0.2, -0.15) is 0 Å². The first kappa shape index (κ1) is 22.1. The van der Waals surface area contributed by atoms with Crippen LogP contribution in [-0.4, -0.2) is 74.3 Å². The Morgan fingerprint density at radius 2 is 1.39 bits per heavy atom. The van der Waals surface area contributed by atoms with Gasteiger partial charge in [0.25, 0.3) is 0 Å². The van der Waals surface area contributed by atoms with Gasteiger partial charge in [0.1, 0.15) is 5.92 Å². The second-order valence-electron chi connectivity index (χ2n) is 6.05. The maximum Gasteiger partial charge on any atom is 0.338 e. The van der Waals surface area contributed by atoms with Crippen LogP contribution in [0.25, 0.3) is 0 Å². The van der Waals surface area contributed by atoms with Crippen molar-refractivity contribution in [1.82, 2.24) is 5.23 Å². The zero-order chi connectivity index (χ0) is 20.8. The number of hydrogen-bond acceptors (Lipinski definition) is 11. The number of esters is 4. The van der Waals surface area contributed by atoms with E-state index in [0.29, 0.717) is 0 Å². The molecule has 28 heavy (non-hydrogen) atoms. The minimum atomic E-state index is -1.33. The second kappa shape index (κ2) is 9.80. The monoisotopic (exact) mass is 403 g/mol. The van der Waals surface area contributed by atoms with Crippen LogP contribution in [0, 0.1) is 11.8 Å². The van der Waals surface area contributed by atoms with Gasteiger partial charge < -0.3 is 18.9 Å². The minimum absolute atomic E-state index is 0.0701. The molecule has 0 N–H and O–H groups in total. The van der Waals surface area contributed by atoms with Crippen LogP contribution in [0.3, 0.4) is 0 Å². The molecule has 11 nitrogen and oxygen atoms in total. The van der Waals surface area contributed by atoms with Crippen molar-refractivity contribution in [3.05, 3.63) is 0 Å². The van der Waals surface area contributed by atoms with Crippen molar-refractivity contribution < 1.29 is 47.8 Å². The molecule has 0 aromatic rings. The van der Waals surface area contributed by atoms with Gasteiger partial charge in [0, 0.05) is 5.92 Å². The summed E-state index contributed by atoms with van der Waals surface area (Å²) in [7, 11) is 1.15. The van der Waals surface area contributed by atoms with Crippen molar-refractivity contribution >= 4 is 23.9 Å². The summed E-state index contributed by atoms with van der Waals surface area (Å²) in [6.07, 6.45) is -2.78. The zero-order valence-corrected chi connectivity index (χ0v) is 16.2. The predicted octanol–water partition coefficient (Wildman–Crippen LogP) is -0.231. The van der Waals surface area contributed by atoms with Crippen molar-refractivity contribution in [3.8, 4) is 0 Å². The molecule has 0 radical (unpaired) electrons. The van der Waals surface area contributed by atoms with Crippen LogP contribution in [0.1, 0.15) is 27.2 Å². The number of hydroxylamine groups is 2. The first-order valence-corrected chi connectivity index (χ1v) is 9.08. The summed E-state index contributed by atoms with van der Waals surface area (Å²) in [5.41, 5.74) is 0. The van der Waals surface area contributed by atoms with Gasteiger partial charge in [-0.15, -0.1) is 0 Å². The molecule has 2 aliphatic heterocycles. The molecule has 2 heterocycles. The summed E-state index contributed by atoms with van der Waals surface area (Å²) in [5, 5.41) is 0.897. The van der Waals surface area contributed by atoms with E-state index in [2.05, 4.69) is 4.74 Å². The van der Waals surface area contributed by atoms with E-state index in [-0.39, 0.29) is 26.2 Å². The van der Waals surface area contributed by atoms with E-state index in [0.717, 1.165) is 12.3 Å². The molecule has 2 saturated heterocycles. The summed E-state index contributed by atoms with van der Waals surface area (Å²) in [5.74, 6) is -4.86. The number of carbonyl (C=O) groups excluding carboxylic acids is 4. The molecule has 0 aliphatic carbocycles. The second-order valence-corrected chi connectivity index (χ2v) is 6.05. The van der Waals surface area contributed by atoms with Gasteiger partial charge in [-0.1, -0.05) is 5.23 Å². The quantitative estimate of drug-likeness (QED) is 0.394. The first-order valence-electron chi connectivity index (χ1n) is 9.08. The van der Waals surface area contributed by atoms with E-state index >= 15 is 0 Å². The number of hydrogen-bond donors (Lipinski definition) is 0. The van der Waals surface area contributed by atoms with Crippen LogP contribution in [0.15, 0.2) is 0 Å². The molecule has 5 atom stereocenters. The van der Waals surface area contributed by atoms with Crippen LogP contribution in [0.5, 0.6) is 0 Å². The van der Waals surface area contributed by atoms with E-state index in [1.807, 2.05) is 0 Å². The van der Waals surface area contributed by atoms with E-state index in [9.17, 15) is 19.2 Å². The Labute approximate surface area is 162 Å². The van der Waals surface area contributed by atoms with Gasteiger partial charge in [-0.3, -0.25) is 19.3 Å². The summed E-state index contributed by atoms with van der Waals surface area (Å²) >= 11 is 0. The average Bonchev–Trinajstić information content (AvgIpc) is 3.18. The molecule has 2 aliphatic rings. The zero-order valence-electron chi connectivity index (χ0n) is 16.2. The molecule has 0 spiro atoms. The molecule has 158 valence electrons. The predicted molar refractivity (Wildman–Crippen MR) is 88.9 cm³/mol. The number of methoxy groups -OCH3 is 1. The molecule has 2 rings (SSSR count). The topological polar surface area (TPSA) is 127 Å². The number of carbonyl (C=O) groups is 4. The number of nitrogens with zero attached hydrogens (tertiary/aromatic N) is 1. The highest BCUT2D eigenvalue weighted by Crippen LogP contribution is 2.43. The highest BCUT2D eigenvalue weighted by molar-refractivity contribution is 5.86. The van der Waals surface area contributed by atoms with E-state index in [4.69, 9.17) is 23.9 Å². The van der Waals surface area contributed by atoms with Crippen LogP contribution < -0.4 is 0 Å². The highest BCUT2D eigenvalue weighted by atomic mass is 17.0. The molecule has 11 heteroatoms. The van der Waals surface area contributed by atoms with Crippen molar-refractivity contribution in [2.45, 2.75) is 45.4 Å². The lowest BCUT2D eigenvalue weighted by Crippen LogP contribution is -2.44. The standard InChI is InChI=1S/C17H25NO10/c1-5-24-10(19)8-9-12-11(15(20)25-6-2)14(16(21)23-4)28-18(12)27-13(9)17(22)26-7-3/h9,11-14H,5-8H2,1-4H3/t9-,11+,12+,13+,14-/m1/s1. The van der Waals surface area contributed by atoms with Gasteiger partial charge in [0.05, 0.1) is 39.4 Å². The highest BCUT2D eigenvalue weighted by Gasteiger charge is 2.63. The Hall–Kier alpha value is -2.24. The molecule has 0 unspecified atom stereocenters. The summed E-state index contributed by atoms with van der Waals surface area (Å²) in [6, 6.07) is -0.943. The number of rotatable bonds is 8. The summed E-state index contributed by atoms with van der Waals surface area (Å²) < 4.78 is 19.7. The average molecular weight is 403 g/mol.